The monoisotopic (exact) mass is 344 g/mol. The molecule has 0 aliphatic carbocycles. The minimum Gasteiger partial charge on any atom is -0.378 e. The number of nitrogens with one attached hydrogen (secondary N) is 2. The number of hydrogen-bond donors (Lipinski definition) is 2. The smallest absolute Gasteiger partial charge is 0.249 e. The molecule has 2 aliphatic rings. The highest BCUT2D eigenvalue weighted by Crippen LogP contribution is 2.14. The van der Waals surface area contributed by atoms with Crippen LogP contribution in [0.5, 0.6) is 0 Å². The molecule has 3 rings (SSSR count). The lowest BCUT2D eigenvalue weighted by Crippen LogP contribution is -2.53. The number of rotatable bonds is 3. The van der Waals surface area contributed by atoms with Crippen LogP contribution < -0.4 is 10.6 Å². The van der Waals surface area contributed by atoms with Crippen molar-refractivity contribution in [2.24, 2.45) is 4.99 Å². The fourth-order valence-corrected chi connectivity index (χ4v) is 2.68. The quantitative estimate of drug-likeness (QED) is 0.774. The van der Waals surface area contributed by atoms with Crippen molar-refractivity contribution < 1.29 is 19.1 Å². The van der Waals surface area contributed by atoms with Crippen LogP contribution in [0.2, 0.25) is 0 Å². The highest BCUT2D eigenvalue weighted by Gasteiger charge is 2.29. The number of hydrogen-bond acceptors (Lipinski definition) is 6. The zero-order chi connectivity index (χ0) is 17.8. The van der Waals surface area contributed by atoms with Crippen LogP contribution in [0, 0.1) is 0 Å². The molecule has 8 nitrogen and oxygen atoms in total. The van der Waals surface area contributed by atoms with Crippen LogP contribution in [0.3, 0.4) is 0 Å². The maximum Gasteiger partial charge on any atom is 0.249 e. The fourth-order valence-electron chi connectivity index (χ4n) is 2.68. The van der Waals surface area contributed by atoms with E-state index in [2.05, 4.69) is 15.6 Å². The Morgan fingerprint density at radius 2 is 1.92 bits per heavy atom. The zero-order valence-electron chi connectivity index (χ0n) is 13.9. The Hall–Kier alpha value is -2.74. The van der Waals surface area contributed by atoms with Gasteiger partial charge in [-0.2, -0.15) is 0 Å². The van der Waals surface area contributed by atoms with E-state index in [1.807, 2.05) is 4.90 Å². The van der Waals surface area contributed by atoms with Gasteiger partial charge < -0.3 is 15.0 Å². The molecule has 1 fully saturated rings. The van der Waals surface area contributed by atoms with E-state index >= 15 is 0 Å². The van der Waals surface area contributed by atoms with Crippen molar-refractivity contribution in [2.45, 2.75) is 19.4 Å². The van der Waals surface area contributed by atoms with Crippen LogP contribution >= 0.6 is 0 Å². The number of guanidine groups is 1. The normalized spacial score (nSPS) is 20.5. The van der Waals surface area contributed by atoms with Crippen LogP contribution in [0.1, 0.15) is 23.7 Å². The highest BCUT2D eigenvalue weighted by atomic mass is 16.5. The first-order valence-corrected chi connectivity index (χ1v) is 8.15. The average molecular weight is 344 g/mol. The number of aliphatic imine (C=N–C) groups is 1. The number of morpholine rings is 1. The fraction of sp³-hybridized carbons (Fsp3) is 0.412. The molecule has 1 atom stereocenters. The molecule has 2 heterocycles. The van der Waals surface area contributed by atoms with E-state index in [4.69, 9.17) is 4.74 Å². The second kappa shape index (κ2) is 7.43. The molecule has 2 amide bonds. The first-order chi connectivity index (χ1) is 12.0. The molecule has 0 spiro atoms. The van der Waals surface area contributed by atoms with Crippen molar-refractivity contribution in [3.8, 4) is 0 Å². The predicted octanol–water partition coefficient (Wildman–Crippen LogP) is 0.404. The van der Waals surface area contributed by atoms with Crippen molar-refractivity contribution >= 4 is 29.2 Å². The van der Waals surface area contributed by atoms with Gasteiger partial charge in [0.25, 0.3) is 0 Å². The van der Waals surface area contributed by atoms with E-state index in [0.717, 1.165) is 0 Å². The van der Waals surface area contributed by atoms with Gasteiger partial charge in [0, 0.05) is 24.3 Å². The number of carbonyl (C=O) groups is 3. The number of carbonyl (C=O) groups excluding carboxylic acids is 3. The lowest BCUT2D eigenvalue weighted by Gasteiger charge is -2.32. The van der Waals surface area contributed by atoms with Crippen LogP contribution in [0.25, 0.3) is 0 Å². The number of ketones is 1. The summed E-state index contributed by atoms with van der Waals surface area (Å²) >= 11 is 0. The maximum absolute atomic E-state index is 12.5. The Bertz CT molecular complexity index is 708. The van der Waals surface area contributed by atoms with E-state index in [-0.39, 0.29) is 24.0 Å². The molecule has 1 aromatic carbocycles. The summed E-state index contributed by atoms with van der Waals surface area (Å²) in [6, 6.07) is 5.83. The van der Waals surface area contributed by atoms with Gasteiger partial charge in [-0.3, -0.25) is 19.7 Å². The van der Waals surface area contributed by atoms with Gasteiger partial charge in [-0.1, -0.05) is 0 Å². The topological polar surface area (TPSA) is 100 Å². The molecule has 25 heavy (non-hydrogen) atoms. The average Bonchev–Trinajstić information content (AvgIpc) is 2.62. The number of benzene rings is 1. The van der Waals surface area contributed by atoms with E-state index in [1.165, 1.54) is 6.92 Å². The summed E-state index contributed by atoms with van der Waals surface area (Å²) in [4.78, 5) is 42.0. The van der Waals surface area contributed by atoms with Crippen molar-refractivity contribution in [3.05, 3.63) is 29.8 Å². The molecule has 132 valence electrons. The lowest BCUT2D eigenvalue weighted by molar-refractivity contribution is -0.125. The third-order valence-electron chi connectivity index (χ3n) is 4.08. The van der Waals surface area contributed by atoms with Gasteiger partial charge in [-0.25, -0.2) is 4.99 Å². The molecule has 0 aromatic heterocycles. The first kappa shape index (κ1) is 17.1. The Balaban J connectivity index is 1.69. The summed E-state index contributed by atoms with van der Waals surface area (Å²) in [5.74, 6) is -0.201. The van der Waals surface area contributed by atoms with Gasteiger partial charge in [0.05, 0.1) is 19.6 Å². The van der Waals surface area contributed by atoms with Gasteiger partial charge in [0.15, 0.2) is 5.78 Å². The Labute approximate surface area is 145 Å². The summed E-state index contributed by atoms with van der Waals surface area (Å²) in [7, 11) is 0. The molecule has 0 radical (unpaired) electrons. The van der Waals surface area contributed by atoms with E-state index in [1.54, 1.807) is 24.3 Å². The van der Waals surface area contributed by atoms with Crippen molar-refractivity contribution in [2.75, 3.05) is 31.6 Å². The Morgan fingerprint density at radius 1 is 1.24 bits per heavy atom. The minimum atomic E-state index is -0.779. The zero-order valence-corrected chi connectivity index (χ0v) is 13.9. The number of anilines is 1. The Kier molecular flexibility index (Phi) is 5.08. The largest absolute Gasteiger partial charge is 0.378 e. The van der Waals surface area contributed by atoms with Crippen LogP contribution in [0.4, 0.5) is 5.69 Å². The number of Topliss-reactive ketones (excluding diaryl/α,β-unsaturated/α-hetero) is 1. The van der Waals surface area contributed by atoms with E-state index < -0.39 is 6.04 Å². The van der Waals surface area contributed by atoms with Crippen LogP contribution in [-0.4, -0.2) is 60.8 Å². The summed E-state index contributed by atoms with van der Waals surface area (Å²) in [6.07, 6.45) is 0.00516. The molecule has 2 N–H and O–H groups in total. The SMILES string of the molecule is CC(=O)c1ccc(NC(=O)C2CC(=O)NC(N3CCOCC3)=N2)cc1. The van der Waals surface area contributed by atoms with Gasteiger partial charge in [-0.05, 0) is 31.2 Å². The molecule has 0 saturated carbocycles. The lowest BCUT2D eigenvalue weighted by atomic mass is 10.1. The minimum absolute atomic E-state index is 0.00516. The number of ether oxygens (including phenoxy) is 1. The maximum atomic E-state index is 12.5. The number of amides is 2. The summed E-state index contributed by atoms with van der Waals surface area (Å²) < 4.78 is 5.28. The molecule has 1 saturated heterocycles. The van der Waals surface area contributed by atoms with Gasteiger partial charge in [-0.15, -0.1) is 0 Å². The molecule has 0 bridgehead atoms. The summed E-state index contributed by atoms with van der Waals surface area (Å²) in [6.45, 7) is 3.86. The first-order valence-electron chi connectivity index (χ1n) is 8.15. The molecular weight excluding hydrogens is 324 g/mol. The number of nitrogens with zero attached hydrogens (tertiary/aromatic N) is 2. The predicted molar refractivity (Wildman–Crippen MR) is 91.5 cm³/mol. The van der Waals surface area contributed by atoms with Crippen molar-refractivity contribution in [1.29, 1.82) is 0 Å². The summed E-state index contributed by atoms with van der Waals surface area (Å²) in [5, 5.41) is 5.46. The second-order valence-corrected chi connectivity index (χ2v) is 5.94. The molecule has 1 unspecified atom stereocenters. The molecular formula is C17H20N4O4. The van der Waals surface area contributed by atoms with E-state index in [0.29, 0.717) is 43.5 Å². The third-order valence-corrected chi connectivity index (χ3v) is 4.08. The second-order valence-electron chi connectivity index (χ2n) is 5.94. The van der Waals surface area contributed by atoms with Crippen molar-refractivity contribution in [1.82, 2.24) is 10.2 Å². The Morgan fingerprint density at radius 3 is 2.56 bits per heavy atom. The molecule has 8 heteroatoms. The van der Waals surface area contributed by atoms with Gasteiger partial charge in [0.2, 0.25) is 17.8 Å². The standard InChI is InChI=1S/C17H20N4O4/c1-11(22)12-2-4-13(5-3-12)18-16(24)14-10-15(23)20-17(19-14)21-6-8-25-9-7-21/h2-5,14H,6-10H2,1H3,(H,18,24)(H,19,20,23). The van der Waals surface area contributed by atoms with Gasteiger partial charge in [0.1, 0.15) is 6.04 Å². The van der Waals surface area contributed by atoms with Crippen LogP contribution in [-0.2, 0) is 14.3 Å². The summed E-state index contributed by atoms with van der Waals surface area (Å²) in [5.41, 5.74) is 1.13. The van der Waals surface area contributed by atoms with E-state index in [9.17, 15) is 14.4 Å². The molecule has 2 aliphatic heterocycles. The highest BCUT2D eigenvalue weighted by molar-refractivity contribution is 6.06. The van der Waals surface area contributed by atoms with Gasteiger partial charge >= 0.3 is 0 Å². The molecule has 1 aromatic rings. The van der Waals surface area contributed by atoms with Crippen LogP contribution in [0.15, 0.2) is 29.3 Å². The van der Waals surface area contributed by atoms with Crippen molar-refractivity contribution in [3.63, 3.8) is 0 Å². The third kappa shape index (κ3) is 4.21.